The van der Waals surface area contributed by atoms with Gasteiger partial charge < -0.3 is 9.87 Å². The second-order valence-corrected chi connectivity index (χ2v) is 3.00. The summed E-state index contributed by atoms with van der Waals surface area (Å²) in [5, 5.41) is 2.42. The van der Waals surface area contributed by atoms with Gasteiger partial charge in [-0.25, -0.2) is 4.39 Å². The standard InChI is InChI=1S/C7H8FNO2S/c8-6-3-1-2-4-7(6)9-5-12(10)11/h1-4,9H,5H2,(H,10,11)/p-1. The predicted octanol–water partition coefficient (Wildman–Crippen LogP) is 1.07. The van der Waals surface area contributed by atoms with Crippen LogP contribution in [-0.4, -0.2) is 14.6 Å². The third kappa shape index (κ3) is 2.60. The number of halogens is 1. The van der Waals surface area contributed by atoms with Crippen molar-refractivity contribution in [1.29, 1.82) is 0 Å². The normalized spacial score (nSPS) is 12.5. The molecule has 0 radical (unpaired) electrons. The number of para-hydroxylation sites is 1. The maximum atomic E-state index is 12.8. The lowest BCUT2D eigenvalue weighted by molar-refractivity contribution is 0.538. The summed E-state index contributed by atoms with van der Waals surface area (Å²) in [5.74, 6) is -0.732. The first-order valence-electron chi connectivity index (χ1n) is 3.24. The predicted molar refractivity (Wildman–Crippen MR) is 43.8 cm³/mol. The highest BCUT2D eigenvalue weighted by molar-refractivity contribution is 7.79. The molecule has 0 aliphatic rings. The van der Waals surface area contributed by atoms with E-state index in [-0.39, 0.29) is 11.6 Å². The van der Waals surface area contributed by atoms with Gasteiger partial charge in [-0.15, -0.1) is 0 Å². The lowest BCUT2D eigenvalue weighted by Gasteiger charge is -2.08. The summed E-state index contributed by atoms with van der Waals surface area (Å²) in [7, 11) is 0. The molecule has 0 aliphatic heterocycles. The third-order valence-corrected chi connectivity index (χ3v) is 1.63. The van der Waals surface area contributed by atoms with Gasteiger partial charge in [0.25, 0.3) is 0 Å². The first-order chi connectivity index (χ1) is 5.70. The van der Waals surface area contributed by atoms with Gasteiger partial charge >= 0.3 is 0 Å². The smallest absolute Gasteiger partial charge is 0.146 e. The quantitative estimate of drug-likeness (QED) is 0.722. The zero-order valence-corrected chi connectivity index (χ0v) is 6.94. The number of hydrogen-bond acceptors (Lipinski definition) is 3. The van der Waals surface area contributed by atoms with Crippen molar-refractivity contribution in [3.8, 4) is 0 Å². The van der Waals surface area contributed by atoms with Crippen LogP contribution in [0.5, 0.6) is 0 Å². The van der Waals surface area contributed by atoms with Crippen molar-refractivity contribution in [3.05, 3.63) is 30.1 Å². The molecule has 66 valence electrons. The van der Waals surface area contributed by atoms with Crippen LogP contribution in [0.3, 0.4) is 0 Å². The molecule has 1 N–H and O–H groups in total. The fourth-order valence-corrected chi connectivity index (χ4v) is 1.01. The van der Waals surface area contributed by atoms with E-state index >= 15 is 0 Å². The van der Waals surface area contributed by atoms with Gasteiger partial charge in [-0.05, 0) is 23.2 Å². The average Bonchev–Trinajstić information content (AvgIpc) is 2.03. The van der Waals surface area contributed by atoms with E-state index in [0.717, 1.165) is 0 Å². The molecule has 0 amide bonds. The topological polar surface area (TPSA) is 52.2 Å². The van der Waals surface area contributed by atoms with Crippen molar-refractivity contribution in [2.45, 2.75) is 0 Å². The molecule has 12 heavy (non-hydrogen) atoms. The Morgan fingerprint density at radius 3 is 2.75 bits per heavy atom. The number of hydrogen-bond donors (Lipinski definition) is 1. The van der Waals surface area contributed by atoms with E-state index in [9.17, 15) is 13.2 Å². The molecular weight excluding hydrogens is 181 g/mol. The fraction of sp³-hybridized carbons (Fsp3) is 0.143. The Bertz CT molecular complexity index is 292. The van der Waals surface area contributed by atoms with Crippen LogP contribution in [0.25, 0.3) is 0 Å². The highest BCUT2D eigenvalue weighted by atomic mass is 32.2. The molecule has 0 spiro atoms. The van der Waals surface area contributed by atoms with E-state index in [2.05, 4.69) is 5.32 Å². The Morgan fingerprint density at radius 1 is 1.50 bits per heavy atom. The first kappa shape index (κ1) is 9.15. The summed E-state index contributed by atoms with van der Waals surface area (Å²) in [4.78, 5) is 0. The van der Waals surface area contributed by atoms with Gasteiger partial charge in [-0.2, -0.15) is 0 Å². The second-order valence-electron chi connectivity index (χ2n) is 2.10. The van der Waals surface area contributed by atoms with Crippen LogP contribution < -0.4 is 5.32 Å². The van der Waals surface area contributed by atoms with Crippen LogP contribution in [0.15, 0.2) is 24.3 Å². The summed E-state index contributed by atoms with van der Waals surface area (Å²) in [6.45, 7) is 0. The molecule has 1 aromatic carbocycles. The van der Waals surface area contributed by atoms with Crippen molar-refractivity contribution < 1.29 is 13.2 Å². The van der Waals surface area contributed by atoms with Crippen LogP contribution in [0, 0.1) is 5.82 Å². The Labute approximate surface area is 71.9 Å². The Morgan fingerprint density at radius 2 is 2.17 bits per heavy atom. The molecule has 0 heterocycles. The van der Waals surface area contributed by atoms with Crippen LogP contribution in [0.1, 0.15) is 0 Å². The number of benzene rings is 1. The highest BCUT2D eigenvalue weighted by Gasteiger charge is 1.97. The third-order valence-electron chi connectivity index (χ3n) is 1.25. The van der Waals surface area contributed by atoms with Crippen molar-refractivity contribution in [1.82, 2.24) is 0 Å². The highest BCUT2D eigenvalue weighted by Crippen LogP contribution is 2.11. The molecule has 0 aromatic heterocycles. The molecule has 1 aromatic rings. The molecule has 0 aliphatic carbocycles. The summed E-state index contributed by atoms with van der Waals surface area (Å²) < 4.78 is 33.0. The van der Waals surface area contributed by atoms with Crippen molar-refractivity contribution in [3.63, 3.8) is 0 Å². The van der Waals surface area contributed by atoms with Crippen molar-refractivity contribution >= 4 is 16.8 Å². The minimum absolute atomic E-state index is 0.196. The van der Waals surface area contributed by atoms with E-state index in [1.807, 2.05) is 0 Å². The molecule has 0 saturated heterocycles. The van der Waals surface area contributed by atoms with Crippen LogP contribution in [0.2, 0.25) is 0 Å². The largest absolute Gasteiger partial charge is 0.771 e. The van der Waals surface area contributed by atoms with Gasteiger partial charge in [-0.1, -0.05) is 12.1 Å². The van der Waals surface area contributed by atoms with Gasteiger partial charge in [0.15, 0.2) is 0 Å². The molecule has 1 rings (SSSR count). The Balaban J connectivity index is 2.63. The minimum Gasteiger partial charge on any atom is -0.771 e. The maximum absolute atomic E-state index is 12.8. The number of anilines is 1. The van der Waals surface area contributed by atoms with Gasteiger partial charge in [0, 0.05) is 0 Å². The summed E-state index contributed by atoms with van der Waals surface area (Å²) in [6.07, 6.45) is 0. The minimum atomic E-state index is -2.20. The molecule has 0 saturated carbocycles. The van der Waals surface area contributed by atoms with Gasteiger partial charge in [0.2, 0.25) is 0 Å². The molecule has 0 bridgehead atoms. The van der Waals surface area contributed by atoms with Crippen molar-refractivity contribution in [2.75, 3.05) is 11.2 Å². The molecule has 1 atom stereocenters. The summed E-state index contributed by atoms with van der Waals surface area (Å²) in [5.41, 5.74) is 0.196. The van der Waals surface area contributed by atoms with Crippen LogP contribution >= 0.6 is 0 Å². The Hall–Kier alpha value is -0.940. The van der Waals surface area contributed by atoms with E-state index in [1.54, 1.807) is 6.07 Å². The molecule has 5 heteroatoms. The number of nitrogens with one attached hydrogen (secondary N) is 1. The average molecular weight is 188 g/mol. The maximum Gasteiger partial charge on any atom is 0.146 e. The summed E-state index contributed by atoms with van der Waals surface area (Å²) in [6, 6.07) is 5.89. The van der Waals surface area contributed by atoms with Crippen LogP contribution in [-0.2, 0) is 11.1 Å². The zero-order chi connectivity index (χ0) is 8.97. The first-order valence-corrected chi connectivity index (χ1v) is 4.49. The molecule has 1 unspecified atom stereocenters. The monoisotopic (exact) mass is 188 g/mol. The van der Waals surface area contributed by atoms with Gasteiger partial charge in [0.05, 0.1) is 11.6 Å². The molecule has 0 fully saturated rings. The number of rotatable bonds is 3. The van der Waals surface area contributed by atoms with E-state index in [0.29, 0.717) is 0 Å². The lowest BCUT2D eigenvalue weighted by atomic mass is 10.3. The lowest BCUT2D eigenvalue weighted by Crippen LogP contribution is -2.08. The molecule has 3 nitrogen and oxygen atoms in total. The van der Waals surface area contributed by atoms with E-state index in [1.165, 1.54) is 18.2 Å². The fourth-order valence-electron chi connectivity index (χ4n) is 0.741. The van der Waals surface area contributed by atoms with Crippen molar-refractivity contribution in [2.24, 2.45) is 0 Å². The van der Waals surface area contributed by atoms with E-state index < -0.39 is 16.9 Å². The van der Waals surface area contributed by atoms with E-state index in [4.69, 9.17) is 0 Å². The second kappa shape index (κ2) is 4.18. The molecular formula is C7H7FNO2S-. The summed E-state index contributed by atoms with van der Waals surface area (Å²) >= 11 is -2.20. The Kier molecular flexibility index (Phi) is 3.19. The SMILES string of the molecule is O=S([O-])CNc1ccccc1F. The van der Waals surface area contributed by atoms with Crippen LogP contribution in [0.4, 0.5) is 10.1 Å². The zero-order valence-electron chi connectivity index (χ0n) is 6.12. The van der Waals surface area contributed by atoms with Gasteiger partial charge in [0.1, 0.15) is 5.82 Å². The van der Waals surface area contributed by atoms with Gasteiger partial charge in [-0.3, -0.25) is 4.21 Å².